The Morgan fingerprint density at radius 3 is 2.88 bits per heavy atom. The monoisotopic (exact) mass is 229 g/mol. The van der Waals surface area contributed by atoms with Crippen LogP contribution in [-0.2, 0) is 4.74 Å². The highest BCUT2D eigenvalue weighted by atomic mass is 16.5. The van der Waals surface area contributed by atoms with Crippen molar-refractivity contribution in [2.75, 3.05) is 19.8 Å². The number of ether oxygens (including phenoxy) is 1. The first-order chi connectivity index (χ1) is 7.70. The van der Waals surface area contributed by atoms with Crippen LogP contribution in [0.1, 0.15) is 52.4 Å². The Morgan fingerprint density at radius 2 is 2.19 bits per heavy atom. The normalized spacial score (nSPS) is 30.6. The third-order valence-electron chi connectivity index (χ3n) is 3.61. The van der Waals surface area contributed by atoms with E-state index in [1.165, 1.54) is 6.42 Å². The molecular weight excluding hydrogens is 202 g/mol. The Labute approximate surface area is 99.6 Å². The van der Waals surface area contributed by atoms with Gasteiger partial charge in [0.2, 0.25) is 0 Å². The Hall–Kier alpha value is -0.120. The number of rotatable bonds is 7. The van der Waals surface area contributed by atoms with Gasteiger partial charge in [-0.05, 0) is 52.0 Å². The standard InChI is InChI=1S/C13H27NO2/c1-3-13(2)11-12(7-10-16-13)14-8-5-4-6-9-15/h12,14-15H,3-11H2,1-2H3. The van der Waals surface area contributed by atoms with Gasteiger partial charge in [0.1, 0.15) is 0 Å². The van der Waals surface area contributed by atoms with Crippen LogP contribution >= 0.6 is 0 Å². The number of unbranched alkanes of at least 4 members (excludes halogenated alkanes) is 2. The van der Waals surface area contributed by atoms with Gasteiger partial charge in [-0.3, -0.25) is 0 Å². The maximum atomic E-state index is 8.68. The van der Waals surface area contributed by atoms with E-state index in [-0.39, 0.29) is 5.60 Å². The molecule has 3 nitrogen and oxygen atoms in total. The Kier molecular flexibility index (Phi) is 6.32. The van der Waals surface area contributed by atoms with Crippen molar-refractivity contribution in [1.82, 2.24) is 5.32 Å². The van der Waals surface area contributed by atoms with E-state index in [1.807, 2.05) is 0 Å². The lowest BCUT2D eigenvalue weighted by Crippen LogP contribution is -2.45. The van der Waals surface area contributed by atoms with Gasteiger partial charge in [-0.2, -0.15) is 0 Å². The molecule has 0 aliphatic carbocycles. The van der Waals surface area contributed by atoms with Crippen LogP contribution in [-0.4, -0.2) is 36.5 Å². The summed E-state index contributed by atoms with van der Waals surface area (Å²) < 4.78 is 5.82. The number of hydrogen-bond donors (Lipinski definition) is 2. The largest absolute Gasteiger partial charge is 0.396 e. The van der Waals surface area contributed by atoms with E-state index in [9.17, 15) is 0 Å². The summed E-state index contributed by atoms with van der Waals surface area (Å²) in [6.07, 6.45) is 6.58. The van der Waals surface area contributed by atoms with Crippen LogP contribution in [0.15, 0.2) is 0 Å². The predicted octanol–water partition coefficient (Wildman–Crippen LogP) is 2.09. The molecule has 1 aliphatic heterocycles. The zero-order valence-corrected chi connectivity index (χ0v) is 10.8. The average Bonchev–Trinajstić information content (AvgIpc) is 2.29. The minimum Gasteiger partial charge on any atom is -0.396 e. The molecule has 1 fully saturated rings. The molecule has 0 saturated carbocycles. The average molecular weight is 229 g/mol. The van der Waals surface area contributed by atoms with Gasteiger partial charge in [-0.1, -0.05) is 6.92 Å². The fourth-order valence-corrected chi connectivity index (χ4v) is 2.27. The van der Waals surface area contributed by atoms with E-state index in [1.54, 1.807) is 0 Å². The quantitative estimate of drug-likeness (QED) is 0.657. The van der Waals surface area contributed by atoms with Gasteiger partial charge in [0.25, 0.3) is 0 Å². The van der Waals surface area contributed by atoms with Crippen LogP contribution in [0.5, 0.6) is 0 Å². The fourth-order valence-electron chi connectivity index (χ4n) is 2.27. The SMILES string of the molecule is CCC1(C)CC(NCCCCCO)CCO1. The first kappa shape index (κ1) is 13.9. The smallest absolute Gasteiger partial charge is 0.0666 e. The maximum absolute atomic E-state index is 8.68. The summed E-state index contributed by atoms with van der Waals surface area (Å²) in [7, 11) is 0. The van der Waals surface area contributed by atoms with E-state index >= 15 is 0 Å². The third kappa shape index (κ3) is 4.81. The molecule has 1 saturated heterocycles. The molecule has 1 aliphatic rings. The zero-order chi connectivity index (χ0) is 11.9. The number of nitrogens with one attached hydrogen (secondary N) is 1. The molecule has 0 spiro atoms. The van der Waals surface area contributed by atoms with Gasteiger partial charge in [0.15, 0.2) is 0 Å². The second kappa shape index (κ2) is 7.25. The molecule has 0 aromatic heterocycles. The topological polar surface area (TPSA) is 41.5 Å². The summed E-state index contributed by atoms with van der Waals surface area (Å²) in [5.41, 5.74) is 0.0843. The molecule has 1 heterocycles. The van der Waals surface area contributed by atoms with Crippen molar-refractivity contribution in [3.05, 3.63) is 0 Å². The summed E-state index contributed by atoms with van der Waals surface area (Å²) in [6.45, 7) is 6.70. The fraction of sp³-hybridized carbons (Fsp3) is 1.00. The molecule has 0 aromatic carbocycles. The Balaban J connectivity index is 2.12. The van der Waals surface area contributed by atoms with Crippen molar-refractivity contribution in [1.29, 1.82) is 0 Å². The lowest BCUT2D eigenvalue weighted by atomic mass is 9.90. The van der Waals surface area contributed by atoms with Crippen molar-refractivity contribution in [2.45, 2.75) is 64.0 Å². The van der Waals surface area contributed by atoms with Gasteiger partial charge >= 0.3 is 0 Å². The van der Waals surface area contributed by atoms with E-state index in [2.05, 4.69) is 19.2 Å². The number of aliphatic hydroxyl groups excluding tert-OH is 1. The lowest BCUT2D eigenvalue weighted by Gasteiger charge is -2.38. The molecule has 96 valence electrons. The highest BCUT2D eigenvalue weighted by Gasteiger charge is 2.30. The summed E-state index contributed by atoms with van der Waals surface area (Å²) in [4.78, 5) is 0. The molecule has 0 amide bonds. The molecule has 1 rings (SSSR count). The van der Waals surface area contributed by atoms with Gasteiger partial charge in [0, 0.05) is 19.3 Å². The van der Waals surface area contributed by atoms with Gasteiger partial charge in [0.05, 0.1) is 5.60 Å². The van der Waals surface area contributed by atoms with Crippen molar-refractivity contribution in [3.63, 3.8) is 0 Å². The summed E-state index contributed by atoms with van der Waals surface area (Å²) in [5.74, 6) is 0. The zero-order valence-electron chi connectivity index (χ0n) is 10.8. The van der Waals surface area contributed by atoms with Crippen LogP contribution in [0.25, 0.3) is 0 Å². The maximum Gasteiger partial charge on any atom is 0.0666 e. The molecule has 0 aromatic rings. The van der Waals surface area contributed by atoms with Crippen molar-refractivity contribution in [3.8, 4) is 0 Å². The second-order valence-corrected chi connectivity index (χ2v) is 5.08. The lowest BCUT2D eigenvalue weighted by molar-refractivity contribution is -0.0778. The Morgan fingerprint density at radius 1 is 1.38 bits per heavy atom. The first-order valence-electron chi connectivity index (χ1n) is 6.68. The van der Waals surface area contributed by atoms with Gasteiger partial charge < -0.3 is 15.2 Å². The van der Waals surface area contributed by atoms with E-state index in [0.29, 0.717) is 12.6 Å². The van der Waals surface area contributed by atoms with Crippen molar-refractivity contribution < 1.29 is 9.84 Å². The number of aliphatic hydroxyl groups is 1. The highest BCUT2D eigenvalue weighted by molar-refractivity contribution is 4.85. The molecule has 2 N–H and O–H groups in total. The molecule has 3 heteroatoms. The summed E-state index contributed by atoms with van der Waals surface area (Å²) >= 11 is 0. The molecular formula is C13H27NO2. The summed E-state index contributed by atoms with van der Waals surface area (Å²) in [5, 5.41) is 12.3. The minimum atomic E-state index is 0.0843. The molecule has 0 radical (unpaired) electrons. The van der Waals surface area contributed by atoms with Crippen molar-refractivity contribution >= 4 is 0 Å². The minimum absolute atomic E-state index is 0.0843. The van der Waals surface area contributed by atoms with Crippen LogP contribution in [0.4, 0.5) is 0 Å². The van der Waals surface area contributed by atoms with E-state index in [4.69, 9.17) is 9.84 Å². The van der Waals surface area contributed by atoms with Crippen LogP contribution in [0.3, 0.4) is 0 Å². The van der Waals surface area contributed by atoms with E-state index < -0.39 is 0 Å². The number of hydrogen-bond acceptors (Lipinski definition) is 3. The van der Waals surface area contributed by atoms with Gasteiger partial charge in [-0.25, -0.2) is 0 Å². The Bertz CT molecular complexity index is 187. The summed E-state index contributed by atoms with van der Waals surface area (Å²) in [6, 6.07) is 0.618. The molecule has 2 unspecified atom stereocenters. The van der Waals surface area contributed by atoms with Gasteiger partial charge in [-0.15, -0.1) is 0 Å². The van der Waals surface area contributed by atoms with Crippen molar-refractivity contribution in [2.24, 2.45) is 0 Å². The van der Waals surface area contributed by atoms with E-state index in [0.717, 1.165) is 45.3 Å². The van der Waals surface area contributed by atoms with Crippen LogP contribution < -0.4 is 5.32 Å². The second-order valence-electron chi connectivity index (χ2n) is 5.08. The predicted molar refractivity (Wildman–Crippen MR) is 66.6 cm³/mol. The highest BCUT2D eigenvalue weighted by Crippen LogP contribution is 2.27. The molecule has 2 atom stereocenters. The van der Waals surface area contributed by atoms with Crippen LogP contribution in [0, 0.1) is 0 Å². The van der Waals surface area contributed by atoms with Crippen LogP contribution in [0.2, 0.25) is 0 Å². The molecule has 16 heavy (non-hydrogen) atoms. The third-order valence-corrected chi connectivity index (χ3v) is 3.61. The first-order valence-corrected chi connectivity index (χ1v) is 6.68. The molecule has 0 bridgehead atoms.